The lowest BCUT2D eigenvalue weighted by Crippen LogP contribution is -2.73. The van der Waals surface area contributed by atoms with E-state index in [4.69, 9.17) is 4.74 Å². The molecular weight excluding hydrogens is 469 g/mol. The predicted molar refractivity (Wildman–Crippen MR) is 117 cm³/mol. The van der Waals surface area contributed by atoms with Crippen molar-refractivity contribution in [1.82, 2.24) is 20.0 Å². The number of amides is 2. The Morgan fingerprint density at radius 1 is 1.11 bits per heavy atom. The highest BCUT2D eigenvalue weighted by atomic mass is 19.4. The Morgan fingerprint density at radius 3 is 2.37 bits per heavy atom. The van der Waals surface area contributed by atoms with Crippen LogP contribution in [0.4, 0.5) is 13.2 Å². The van der Waals surface area contributed by atoms with Gasteiger partial charge in [-0.25, -0.2) is 0 Å². The molecule has 0 aliphatic carbocycles. The quantitative estimate of drug-likeness (QED) is 0.484. The molecule has 1 aromatic carbocycles. The van der Waals surface area contributed by atoms with E-state index >= 15 is 0 Å². The van der Waals surface area contributed by atoms with Crippen molar-refractivity contribution < 1.29 is 37.0 Å². The summed E-state index contributed by atoms with van der Waals surface area (Å²) in [7, 11) is 2.92. The third-order valence-corrected chi connectivity index (χ3v) is 7.05. The van der Waals surface area contributed by atoms with Crippen molar-refractivity contribution in [1.29, 1.82) is 0 Å². The molecule has 3 unspecified atom stereocenters. The van der Waals surface area contributed by atoms with E-state index < -0.39 is 18.2 Å². The van der Waals surface area contributed by atoms with Gasteiger partial charge in [0.05, 0.1) is 19.1 Å². The van der Waals surface area contributed by atoms with Gasteiger partial charge in [-0.2, -0.15) is 0 Å². The van der Waals surface area contributed by atoms with Gasteiger partial charge in [-0.1, -0.05) is 12.1 Å². The SMILES string of the molecule is COC(=O)C1CNC2C(C1)N(C)C(=O)C(=O)N2C1CCN(Cc2ccc(OC(F)(F)F)cc2)CC1. The van der Waals surface area contributed by atoms with E-state index in [9.17, 15) is 27.6 Å². The van der Waals surface area contributed by atoms with Crippen molar-refractivity contribution in [3.63, 3.8) is 0 Å². The van der Waals surface area contributed by atoms with Gasteiger partial charge in [0, 0.05) is 39.3 Å². The van der Waals surface area contributed by atoms with E-state index in [0.717, 1.165) is 5.56 Å². The third kappa shape index (κ3) is 5.53. The highest BCUT2D eigenvalue weighted by Crippen LogP contribution is 2.31. The van der Waals surface area contributed by atoms with Gasteiger partial charge in [-0.05, 0) is 37.0 Å². The lowest BCUT2D eigenvalue weighted by atomic mass is 9.88. The fourth-order valence-corrected chi connectivity index (χ4v) is 5.24. The van der Waals surface area contributed by atoms with Crippen LogP contribution in [0.2, 0.25) is 0 Å². The maximum absolute atomic E-state index is 13.0. The summed E-state index contributed by atoms with van der Waals surface area (Å²) in [6, 6.07) is 5.33. The average molecular weight is 499 g/mol. The second kappa shape index (κ2) is 10.0. The number of halogens is 3. The van der Waals surface area contributed by atoms with Crippen LogP contribution < -0.4 is 10.1 Å². The van der Waals surface area contributed by atoms with Crippen molar-refractivity contribution in [3.8, 4) is 5.75 Å². The van der Waals surface area contributed by atoms with E-state index in [1.807, 2.05) is 0 Å². The van der Waals surface area contributed by atoms with Gasteiger partial charge in [0.1, 0.15) is 11.9 Å². The van der Waals surface area contributed by atoms with Crippen LogP contribution in [0.3, 0.4) is 0 Å². The van der Waals surface area contributed by atoms with Gasteiger partial charge in [-0.3, -0.25) is 24.6 Å². The van der Waals surface area contributed by atoms with Crippen molar-refractivity contribution in [2.45, 2.75) is 50.4 Å². The number of benzene rings is 1. The Labute approximate surface area is 201 Å². The largest absolute Gasteiger partial charge is 0.573 e. The monoisotopic (exact) mass is 498 g/mol. The van der Waals surface area contributed by atoms with Gasteiger partial charge in [0.15, 0.2) is 0 Å². The van der Waals surface area contributed by atoms with Crippen LogP contribution in [0.5, 0.6) is 5.75 Å². The number of carbonyl (C=O) groups is 3. The van der Waals surface area contributed by atoms with Crippen molar-refractivity contribution in [2.24, 2.45) is 5.92 Å². The van der Waals surface area contributed by atoms with E-state index in [1.165, 1.54) is 24.1 Å². The van der Waals surface area contributed by atoms with E-state index in [2.05, 4.69) is 15.0 Å². The van der Waals surface area contributed by atoms with Crippen LogP contribution in [-0.4, -0.2) is 90.9 Å². The Balaban J connectivity index is 1.37. The minimum atomic E-state index is -4.72. The molecular formula is C23H29F3N4O5. The zero-order valence-corrected chi connectivity index (χ0v) is 19.6. The van der Waals surface area contributed by atoms with Crippen LogP contribution in [0.25, 0.3) is 0 Å². The fourth-order valence-electron chi connectivity index (χ4n) is 5.24. The normalized spacial score (nSPS) is 26.5. The molecule has 3 atom stereocenters. The number of fused-ring (bicyclic) bond motifs is 1. The van der Waals surface area contributed by atoms with Crippen LogP contribution in [0.15, 0.2) is 24.3 Å². The zero-order chi connectivity index (χ0) is 25.3. The van der Waals surface area contributed by atoms with Crippen LogP contribution >= 0.6 is 0 Å². The van der Waals surface area contributed by atoms with Gasteiger partial charge in [-0.15, -0.1) is 13.2 Å². The molecule has 1 N–H and O–H groups in total. The molecule has 1 aromatic rings. The first-order chi connectivity index (χ1) is 16.6. The lowest BCUT2D eigenvalue weighted by molar-refractivity contribution is -0.274. The highest BCUT2D eigenvalue weighted by Gasteiger charge is 2.50. The number of ether oxygens (including phenoxy) is 2. The zero-order valence-electron chi connectivity index (χ0n) is 19.6. The molecule has 9 nitrogen and oxygen atoms in total. The van der Waals surface area contributed by atoms with Gasteiger partial charge in [0.25, 0.3) is 0 Å². The maximum Gasteiger partial charge on any atom is 0.573 e. The Bertz CT molecular complexity index is 949. The van der Waals surface area contributed by atoms with E-state index in [-0.39, 0.29) is 35.9 Å². The predicted octanol–water partition coefficient (Wildman–Crippen LogP) is 1.33. The van der Waals surface area contributed by atoms with Gasteiger partial charge in [0.2, 0.25) is 0 Å². The second-order valence-corrected chi connectivity index (χ2v) is 9.20. The number of piperazine rings is 1. The van der Waals surface area contributed by atoms with Crippen LogP contribution in [-0.2, 0) is 25.7 Å². The summed E-state index contributed by atoms with van der Waals surface area (Å²) < 4.78 is 45.8. The maximum atomic E-state index is 13.0. The number of likely N-dealkylation sites (N-methyl/N-ethyl adjacent to an activating group) is 1. The van der Waals surface area contributed by atoms with Crippen LogP contribution in [0.1, 0.15) is 24.8 Å². The van der Waals surface area contributed by atoms with E-state index in [1.54, 1.807) is 24.1 Å². The molecule has 0 radical (unpaired) electrons. The summed E-state index contributed by atoms with van der Waals surface area (Å²) in [6.07, 6.45) is -3.36. The average Bonchev–Trinajstić information content (AvgIpc) is 2.83. The number of likely N-dealkylation sites (tertiary alicyclic amines) is 1. The molecule has 0 saturated carbocycles. The summed E-state index contributed by atoms with van der Waals surface area (Å²) in [5.41, 5.74) is 0.853. The molecule has 2 amide bonds. The second-order valence-electron chi connectivity index (χ2n) is 9.20. The number of nitrogens with zero attached hydrogens (tertiary/aromatic N) is 3. The van der Waals surface area contributed by atoms with Crippen molar-refractivity contribution >= 4 is 17.8 Å². The number of carbonyl (C=O) groups excluding carboxylic acids is 3. The molecule has 12 heteroatoms. The molecule has 4 rings (SSSR count). The number of hydrogen-bond acceptors (Lipinski definition) is 7. The summed E-state index contributed by atoms with van der Waals surface area (Å²) in [5.74, 6) is -2.12. The lowest BCUT2D eigenvalue weighted by Gasteiger charge is -2.52. The number of alkyl halides is 3. The molecule has 3 heterocycles. The highest BCUT2D eigenvalue weighted by molar-refractivity contribution is 6.35. The molecule has 0 bridgehead atoms. The Morgan fingerprint density at radius 2 is 1.77 bits per heavy atom. The molecule has 3 aliphatic rings. The molecule has 3 fully saturated rings. The summed E-state index contributed by atoms with van der Waals surface area (Å²) in [4.78, 5) is 42.9. The first-order valence-corrected chi connectivity index (χ1v) is 11.5. The summed E-state index contributed by atoms with van der Waals surface area (Å²) in [5, 5.41) is 3.29. The summed E-state index contributed by atoms with van der Waals surface area (Å²) in [6.45, 7) is 2.26. The first kappa shape index (κ1) is 25.2. The smallest absolute Gasteiger partial charge is 0.469 e. The van der Waals surface area contributed by atoms with Crippen LogP contribution in [0, 0.1) is 5.92 Å². The molecule has 3 saturated heterocycles. The number of nitrogens with one attached hydrogen (secondary N) is 1. The minimum Gasteiger partial charge on any atom is -0.469 e. The fraction of sp³-hybridized carbons (Fsp3) is 0.609. The minimum absolute atomic E-state index is 0.131. The standard InChI is InChI=1S/C23H29F3N4O5/c1-28-18-11-15(22(33)34-2)12-27-19(18)30(21(32)20(28)31)16-7-9-29(10-8-16)13-14-3-5-17(6-4-14)35-23(24,25)26/h3-6,15-16,18-19,27H,7-13H2,1-2H3. The van der Waals surface area contributed by atoms with Crippen molar-refractivity contribution in [3.05, 3.63) is 29.8 Å². The number of esters is 1. The number of rotatable bonds is 5. The van der Waals surface area contributed by atoms with E-state index in [0.29, 0.717) is 45.4 Å². The molecule has 0 spiro atoms. The molecule has 192 valence electrons. The van der Waals surface area contributed by atoms with Gasteiger partial charge < -0.3 is 19.3 Å². The number of hydrogen-bond donors (Lipinski definition) is 1. The number of methoxy groups -OCH3 is 1. The molecule has 0 aromatic heterocycles. The van der Waals surface area contributed by atoms with Gasteiger partial charge >= 0.3 is 24.1 Å². The summed E-state index contributed by atoms with van der Waals surface area (Å²) >= 11 is 0. The molecule has 35 heavy (non-hydrogen) atoms. The Kier molecular flexibility index (Phi) is 7.22. The molecule has 3 aliphatic heterocycles. The number of piperidine rings is 2. The topological polar surface area (TPSA) is 91.4 Å². The van der Waals surface area contributed by atoms with Crippen molar-refractivity contribution in [2.75, 3.05) is 33.8 Å². The first-order valence-electron chi connectivity index (χ1n) is 11.5. The Hall–Kier alpha value is -2.86. The third-order valence-electron chi connectivity index (χ3n) is 7.05.